The van der Waals surface area contributed by atoms with E-state index < -0.39 is 0 Å². The number of allylic oxidation sites excluding steroid dienone is 1. The summed E-state index contributed by atoms with van der Waals surface area (Å²) in [7, 11) is 0. The van der Waals surface area contributed by atoms with Gasteiger partial charge in [-0.05, 0) is 48.8 Å². The Kier molecular flexibility index (Phi) is 2.51. The van der Waals surface area contributed by atoms with Crippen LogP contribution in [0.15, 0.2) is 17.5 Å². The lowest BCUT2D eigenvalue weighted by atomic mass is 9.92. The van der Waals surface area contributed by atoms with E-state index in [1.165, 1.54) is 28.9 Å². The van der Waals surface area contributed by atoms with Crippen LogP contribution in [0.1, 0.15) is 29.7 Å². The predicted octanol–water partition coefficient (Wildman–Crippen LogP) is 2.95. The molecule has 1 aliphatic carbocycles. The van der Waals surface area contributed by atoms with E-state index in [0.29, 0.717) is 0 Å². The van der Waals surface area contributed by atoms with Crippen molar-refractivity contribution in [2.24, 2.45) is 5.73 Å². The van der Waals surface area contributed by atoms with Crippen LogP contribution in [0.5, 0.6) is 0 Å². The molecular formula is C11H15NS. The van der Waals surface area contributed by atoms with Crippen molar-refractivity contribution in [3.63, 3.8) is 0 Å². The Bertz CT molecular complexity index is 325. The topological polar surface area (TPSA) is 26.0 Å². The summed E-state index contributed by atoms with van der Waals surface area (Å²) in [4.78, 5) is 1.42. The Morgan fingerprint density at radius 3 is 3.00 bits per heavy atom. The lowest BCUT2D eigenvalue weighted by Crippen LogP contribution is -2.19. The maximum absolute atomic E-state index is 5.91. The SMILES string of the molecule is Cc1sccc1C1=CC(N)CCC1. The molecule has 0 saturated heterocycles. The molecule has 2 rings (SSSR count). The summed E-state index contributed by atoms with van der Waals surface area (Å²) in [5, 5.41) is 2.16. The quantitative estimate of drug-likeness (QED) is 0.729. The van der Waals surface area contributed by atoms with E-state index in [4.69, 9.17) is 5.73 Å². The number of rotatable bonds is 1. The highest BCUT2D eigenvalue weighted by Crippen LogP contribution is 2.30. The molecule has 1 aromatic rings. The third-order valence-corrected chi connectivity index (χ3v) is 3.45. The summed E-state index contributed by atoms with van der Waals surface area (Å²) in [6.07, 6.45) is 5.82. The highest BCUT2D eigenvalue weighted by atomic mass is 32.1. The lowest BCUT2D eigenvalue weighted by molar-refractivity contribution is 0.654. The highest BCUT2D eigenvalue weighted by Gasteiger charge is 2.13. The van der Waals surface area contributed by atoms with Crippen LogP contribution in [-0.2, 0) is 0 Å². The minimum Gasteiger partial charge on any atom is -0.324 e. The Morgan fingerprint density at radius 2 is 2.38 bits per heavy atom. The fourth-order valence-electron chi connectivity index (χ4n) is 1.90. The van der Waals surface area contributed by atoms with Gasteiger partial charge in [0, 0.05) is 10.9 Å². The van der Waals surface area contributed by atoms with Crippen molar-refractivity contribution in [2.45, 2.75) is 32.2 Å². The van der Waals surface area contributed by atoms with Crippen molar-refractivity contribution in [1.29, 1.82) is 0 Å². The molecule has 1 atom stereocenters. The Hall–Kier alpha value is -0.600. The first-order valence-corrected chi connectivity index (χ1v) is 5.66. The van der Waals surface area contributed by atoms with Gasteiger partial charge in [-0.1, -0.05) is 6.08 Å². The third kappa shape index (κ3) is 1.84. The molecule has 0 spiro atoms. The van der Waals surface area contributed by atoms with Gasteiger partial charge in [0.1, 0.15) is 0 Å². The second kappa shape index (κ2) is 3.64. The first-order valence-electron chi connectivity index (χ1n) is 4.78. The van der Waals surface area contributed by atoms with Gasteiger partial charge in [0.25, 0.3) is 0 Å². The highest BCUT2D eigenvalue weighted by molar-refractivity contribution is 7.10. The lowest BCUT2D eigenvalue weighted by Gasteiger charge is -2.17. The number of hydrogen-bond acceptors (Lipinski definition) is 2. The largest absolute Gasteiger partial charge is 0.324 e. The average molecular weight is 193 g/mol. The number of nitrogens with two attached hydrogens (primary N) is 1. The van der Waals surface area contributed by atoms with E-state index in [-0.39, 0.29) is 6.04 Å². The predicted molar refractivity (Wildman–Crippen MR) is 58.9 cm³/mol. The summed E-state index contributed by atoms with van der Waals surface area (Å²) in [5.74, 6) is 0. The first kappa shape index (κ1) is 8.97. The van der Waals surface area contributed by atoms with Gasteiger partial charge < -0.3 is 5.73 Å². The van der Waals surface area contributed by atoms with Crippen molar-refractivity contribution >= 4 is 16.9 Å². The Morgan fingerprint density at radius 1 is 1.54 bits per heavy atom. The first-order chi connectivity index (χ1) is 6.27. The smallest absolute Gasteiger partial charge is 0.0229 e. The molecule has 1 aromatic heterocycles. The molecule has 1 nitrogen and oxygen atoms in total. The molecule has 1 unspecified atom stereocenters. The van der Waals surface area contributed by atoms with Gasteiger partial charge in [-0.25, -0.2) is 0 Å². The van der Waals surface area contributed by atoms with Crippen molar-refractivity contribution in [1.82, 2.24) is 0 Å². The van der Waals surface area contributed by atoms with Gasteiger partial charge in [0.2, 0.25) is 0 Å². The summed E-state index contributed by atoms with van der Waals surface area (Å²) in [6, 6.07) is 2.49. The third-order valence-electron chi connectivity index (χ3n) is 2.60. The van der Waals surface area contributed by atoms with Gasteiger partial charge in [0.15, 0.2) is 0 Å². The molecule has 13 heavy (non-hydrogen) atoms. The standard InChI is InChI=1S/C11H15NS/c1-8-11(5-6-13-8)9-3-2-4-10(12)7-9/h5-7,10H,2-4,12H2,1H3. The summed E-state index contributed by atoms with van der Waals surface area (Å²) < 4.78 is 0. The number of thiophene rings is 1. The summed E-state index contributed by atoms with van der Waals surface area (Å²) in [6.45, 7) is 2.18. The summed E-state index contributed by atoms with van der Waals surface area (Å²) in [5.41, 5.74) is 8.78. The van der Waals surface area contributed by atoms with E-state index in [2.05, 4.69) is 24.4 Å². The molecule has 0 aliphatic heterocycles. The zero-order chi connectivity index (χ0) is 9.26. The van der Waals surface area contributed by atoms with Crippen LogP contribution in [0.25, 0.3) is 5.57 Å². The Balaban J connectivity index is 2.30. The molecule has 0 saturated carbocycles. The van der Waals surface area contributed by atoms with Crippen LogP contribution in [0.4, 0.5) is 0 Å². The van der Waals surface area contributed by atoms with Crippen LogP contribution in [0, 0.1) is 6.92 Å². The molecule has 0 amide bonds. The van der Waals surface area contributed by atoms with E-state index >= 15 is 0 Å². The average Bonchev–Trinajstić information content (AvgIpc) is 2.51. The molecule has 0 bridgehead atoms. The van der Waals surface area contributed by atoms with Crippen LogP contribution >= 0.6 is 11.3 Å². The second-order valence-corrected chi connectivity index (χ2v) is 4.76. The molecule has 0 radical (unpaired) electrons. The van der Waals surface area contributed by atoms with Crippen molar-refractivity contribution in [2.75, 3.05) is 0 Å². The van der Waals surface area contributed by atoms with Gasteiger partial charge in [0.05, 0.1) is 0 Å². The number of hydrogen-bond donors (Lipinski definition) is 1. The van der Waals surface area contributed by atoms with Crippen molar-refractivity contribution in [3.05, 3.63) is 28.0 Å². The molecule has 1 heterocycles. The van der Waals surface area contributed by atoms with Gasteiger partial charge in [-0.3, -0.25) is 0 Å². The fraction of sp³-hybridized carbons (Fsp3) is 0.455. The molecule has 0 aromatic carbocycles. The van der Waals surface area contributed by atoms with Gasteiger partial charge in [-0.2, -0.15) is 0 Å². The number of aryl methyl sites for hydroxylation is 1. The molecule has 70 valence electrons. The maximum atomic E-state index is 5.91. The minimum absolute atomic E-state index is 0.281. The molecule has 0 fully saturated rings. The minimum atomic E-state index is 0.281. The Labute approximate surface area is 83.3 Å². The van der Waals surface area contributed by atoms with E-state index in [9.17, 15) is 0 Å². The normalized spacial score (nSPS) is 22.9. The van der Waals surface area contributed by atoms with Gasteiger partial charge in [-0.15, -0.1) is 11.3 Å². The van der Waals surface area contributed by atoms with Crippen LogP contribution < -0.4 is 5.73 Å². The summed E-state index contributed by atoms with van der Waals surface area (Å²) >= 11 is 1.82. The molecule has 2 heteroatoms. The van der Waals surface area contributed by atoms with Crippen molar-refractivity contribution < 1.29 is 0 Å². The molecular weight excluding hydrogens is 178 g/mol. The van der Waals surface area contributed by atoms with Crippen LogP contribution in [-0.4, -0.2) is 6.04 Å². The van der Waals surface area contributed by atoms with E-state index in [0.717, 1.165) is 6.42 Å². The fourth-order valence-corrected chi connectivity index (χ4v) is 2.63. The zero-order valence-corrected chi connectivity index (χ0v) is 8.73. The van der Waals surface area contributed by atoms with Crippen LogP contribution in [0.2, 0.25) is 0 Å². The van der Waals surface area contributed by atoms with E-state index in [1.54, 1.807) is 0 Å². The molecule has 1 aliphatic rings. The zero-order valence-electron chi connectivity index (χ0n) is 7.92. The molecule has 2 N–H and O–H groups in total. The second-order valence-electron chi connectivity index (χ2n) is 3.64. The van der Waals surface area contributed by atoms with Crippen molar-refractivity contribution in [3.8, 4) is 0 Å². The monoisotopic (exact) mass is 193 g/mol. The maximum Gasteiger partial charge on any atom is 0.0229 e. The van der Waals surface area contributed by atoms with E-state index in [1.807, 2.05) is 11.3 Å². The van der Waals surface area contributed by atoms with Gasteiger partial charge >= 0.3 is 0 Å². The van der Waals surface area contributed by atoms with Crippen LogP contribution in [0.3, 0.4) is 0 Å².